The number of aliphatic hydroxyl groups excluding tert-OH is 1. The van der Waals surface area contributed by atoms with Gasteiger partial charge in [-0.3, -0.25) is 0 Å². The fraction of sp³-hybridized carbons (Fsp3) is 0.650. The first-order valence-corrected chi connectivity index (χ1v) is 9.01. The minimum atomic E-state index is -0.149. The van der Waals surface area contributed by atoms with E-state index in [1.807, 2.05) is 6.07 Å². The molecule has 23 heavy (non-hydrogen) atoms. The molecule has 0 aliphatic heterocycles. The van der Waals surface area contributed by atoms with Crippen molar-refractivity contribution in [3.63, 3.8) is 0 Å². The van der Waals surface area contributed by atoms with Crippen molar-refractivity contribution in [1.29, 1.82) is 0 Å². The average Bonchev–Trinajstić information content (AvgIpc) is 2.82. The van der Waals surface area contributed by atoms with E-state index in [1.165, 1.54) is 11.1 Å². The Kier molecular flexibility index (Phi) is 3.53. The van der Waals surface area contributed by atoms with Gasteiger partial charge in [0.05, 0.1) is 6.10 Å². The molecule has 0 saturated heterocycles. The Morgan fingerprint density at radius 3 is 2.87 bits per heavy atom. The molecule has 1 aromatic rings. The first-order chi connectivity index (χ1) is 11.0. The summed E-state index contributed by atoms with van der Waals surface area (Å²) < 4.78 is 0. The van der Waals surface area contributed by atoms with Crippen LogP contribution in [-0.4, -0.2) is 22.6 Å². The first kappa shape index (κ1) is 15.2. The Labute approximate surface area is 137 Å². The minimum absolute atomic E-state index is 0.0837. The van der Waals surface area contributed by atoms with Crippen LogP contribution in [0.15, 0.2) is 12.1 Å². The van der Waals surface area contributed by atoms with Crippen LogP contribution in [0.25, 0.3) is 0 Å². The van der Waals surface area contributed by atoms with E-state index >= 15 is 0 Å². The van der Waals surface area contributed by atoms with Crippen molar-refractivity contribution in [2.24, 2.45) is 17.3 Å². The Morgan fingerprint density at radius 1 is 1.26 bits per heavy atom. The fourth-order valence-corrected chi connectivity index (χ4v) is 6.05. The summed E-state index contributed by atoms with van der Waals surface area (Å²) in [5.74, 6) is 2.00. The number of carbonyl (C=O) groups excluding carboxylic acids is 1. The van der Waals surface area contributed by atoms with Crippen molar-refractivity contribution in [1.82, 2.24) is 0 Å². The highest BCUT2D eigenvalue weighted by Crippen LogP contribution is 2.61. The van der Waals surface area contributed by atoms with Gasteiger partial charge in [0.2, 0.25) is 0 Å². The zero-order chi connectivity index (χ0) is 16.2. The lowest BCUT2D eigenvalue weighted by molar-refractivity contribution is -0.107. The van der Waals surface area contributed by atoms with Gasteiger partial charge in [-0.25, -0.2) is 0 Å². The van der Waals surface area contributed by atoms with E-state index in [-0.39, 0.29) is 17.3 Å². The molecule has 0 unspecified atom stereocenters. The predicted octanol–water partition coefficient (Wildman–Crippen LogP) is 3.35. The molecule has 2 N–H and O–H groups in total. The van der Waals surface area contributed by atoms with Gasteiger partial charge in [0.15, 0.2) is 0 Å². The number of benzene rings is 1. The summed E-state index contributed by atoms with van der Waals surface area (Å²) in [4.78, 5) is 11.1. The topological polar surface area (TPSA) is 57.5 Å². The maximum Gasteiger partial charge on any atom is 0.124 e. The van der Waals surface area contributed by atoms with Crippen LogP contribution < -0.4 is 0 Å². The normalized spacial score (nSPS) is 38.5. The highest BCUT2D eigenvalue weighted by atomic mass is 16.3. The molecule has 124 valence electrons. The highest BCUT2D eigenvalue weighted by molar-refractivity contribution is 5.59. The number of hydrogen-bond donors (Lipinski definition) is 2. The van der Waals surface area contributed by atoms with Crippen molar-refractivity contribution in [3.8, 4) is 5.75 Å². The quantitative estimate of drug-likeness (QED) is 0.823. The molecule has 2 saturated carbocycles. The van der Waals surface area contributed by atoms with E-state index in [1.54, 1.807) is 6.07 Å². The van der Waals surface area contributed by atoms with Crippen molar-refractivity contribution in [2.75, 3.05) is 0 Å². The zero-order valence-corrected chi connectivity index (χ0v) is 13.8. The number of aldehydes is 1. The Hall–Kier alpha value is -1.35. The molecule has 3 aliphatic rings. The van der Waals surface area contributed by atoms with Crippen LogP contribution in [0, 0.1) is 17.3 Å². The Balaban J connectivity index is 1.76. The molecule has 0 heterocycles. The third-order valence-electron chi connectivity index (χ3n) is 7.14. The van der Waals surface area contributed by atoms with Crippen LogP contribution in [-0.2, 0) is 17.6 Å². The molecule has 0 radical (unpaired) electrons. The molecule has 0 bridgehead atoms. The predicted molar refractivity (Wildman–Crippen MR) is 88.5 cm³/mol. The molecular weight excluding hydrogens is 288 g/mol. The van der Waals surface area contributed by atoms with Crippen LogP contribution in [0.4, 0.5) is 0 Å². The number of aromatic hydroxyl groups is 1. The lowest BCUT2D eigenvalue weighted by atomic mass is 9.55. The molecular formula is C20H26O3. The molecule has 3 aliphatic carbocycles. The van der Waals surface area contributed by atoms with Gasteiger partial charge >= 0.3 is 0 Å². The first-order valence-electron chi connectivity index (χ1n) is 9.01. The number of phenolic OH excluding ortho intramolecular Hbond substituents is 1. The van der Waals surface area contributed by atoms with Crippen LogP contribution >= 0.6 is 0 Å². The second-order valence-corrected chi connectivity index (χ2v) is 8.10. The molecule has 3 nitrogen and oxygen atoms in total. The van der Waals surface area contributed by atoms with E-state index < -0.39 is 0 Å². The lowest BCUT2D eigenvalue weighted by Crippen LogP contribution is -2.44. The summed E-state index contributed by atoms with van der Waals surface area (Å²) in [7, 11) is 0. The number of hydrogen-bond acceptors (Lipinski definition) is 3. The third kappa shape index (κ3) is 2.16. The molecule has 0 aromatic heterocycles. The van der Waals surface area contributed by atoms with Crippen molar-refractivity contribution in [2.45, 2.75) is 63.9 Å². The van der Waals surface area contributed by atoms with E-state index in [4.69, 9.17) is 0 Å². The molecule has 0 spiro atoms. The van der Waals surface area contributed by atoms with Crippen molar-refractivity contribution >= 4 is 6.29 Å². The number of rotatable bonds is 2. The molecule has 4 rings (SSSR count). The molecule has 1 aromatic carbocycles. The average molecular weight is 314 g/mol. The van der Waals surface area contributed by atoms with Gasteiger partial charge in [0, 0.05) is 6.42 Å². The molecule has 5 atom stereocenters. The van der Waals surface area contributed by atoms with Crippen LogP contribution in [0.5, 0.6) is 5.75 Å². The van der Waals surface area contributed by atoms with E-state index in [2.05, 4.69) is 6.92 Å². The summed E-state index contributed by atoms with van der Waals surface area (Å²) in [6, 6.07) is 3.68. The minimum Gasteiger partial charge on any atom is -0.508 e. The number of aliphatic hydroxyl groups is 1. The largest absolute Gasteiger partial charge is 0.508 e. The van der Waals surface area contributed by atoms with Gasteiger partial charge in [-0.2, -0.15) is 0 Å². The van der Waals surface area contributed by atoms with Gasteiger partial charge < -0.3 is 15.0 Å². The number of phenols is 1. The summed E-state index contributed by atoms with van der Waals surface area (Å²) in [5, 5.41) is 20.4. The zero-order valence-electron chi connectivity index (χ0n) is 13.8. The molecule has 2 fully saturated rings. The smallest absolute Gasteiger partial charge is 0.124 e. The van der Waals surface area contributed by atoms with Crippen LogP contribution in [0.2, 0.25) is 0 Å². The number of aryl methyl sites for hydroxylation is 1. The Morgan fingerprint density at radius 2 is 2.09 bits per heavy atom. The summed E-state index contributed by atoms with van der Waals surface area (Å²) in [6.45, 7) is 2.28. The van der Waals surface area contributed by atoms with Gasteiger partial charge in [-0.1, -0.05) is 6.92 Å². The summed E-state index contributed by atoms with van der Waals surface area (Å²) >= 11 is 0. The highest BCUT2D eigenvalue weighted by Gasteiger charge is 2.54. The number of fused-ring (bicyclic) bond motifs is 5. The van der Waals surface area contributed by atoms with Gasteiger partial charge in [-0.05, 0) is 90.5 Å². The summed E-state index contributed by atoms with van der Waals surface area (Å²) in [5.41, 5.74) is 3.69. The maximum atomic E-state index is 11.1. The van der Waals surface area contributed by atoms with Crippen LogP contribution in [0.1, 0.15) is 61.6 Å². The monoisotopic (exact) mass is 314 g/mol. The lowest BCUT2D eigenvalue weighted by Gasteiger charge is -2.50. The molecule has 3 heteroatoms. The van der Waals surface area contributed by atoms with Gasteiger partial charge in [0.1, 0.15) is 12.0 Å². The second kappa shape index (κ2) is 5.34. The molecule has 0 amide bonds. The maximum absolute atomic E-state index is 11.1. The second-order valence-electron chi connectivity index (χ2n) is 8.10. The van der Waals surface area contributed by atoms with Gasteiger partial charge in [0.25, 0.3) is 0 Å². The van der Waals surface area contributed by atoms with E-state index in [9.17, 15) is 15.0 Å². The van der Waals surface area contributed by atoms with Crippen molar-refractivity contribution < 1.29 is 15.0 Å². The SMILES string of the molecule is C[C@]12CC[C@@H]3c4c(CC=O)cc(O)cc4CC[C@H]3[C@@H]1CC[C@H]2O. The third-order valence-corrected chi connectivity index (χ3v) is 7.14. The van der Waals surface area contributed by atoms with Gasteiger partial charge in [-0.15, -0.1) is 0 Å². The standard InChI is InChI=1S/C20H26O3/c1-20-8-6-16-15(17(20)4-5-18(20)23)3-2-12-10-14(22)11-13(7-9-21)19(12)16/h9-11,15-18,22-23H,2-8H2,1H3/t15-,16+,17+,18-,20+/m1/s1. The number of carbonyl (C=O) groups is 1. The summed E-state index contributed by atoms with van der Waals surface area (Å²) in [6.07, 6.45) is 7.57. The van der Waals surface area contributed by atoms with E-state index in [0.717, 1.165) is 50.4 Å². The fourth-order valence-electron chi connectivity index (χ4n) is 6.05. The Bertz CT molecular complexity index is 638. The van der Waals surface area contributed by atoms with Crippen LogP contribution in [0.3, 0.4) is 0 Å². The van der Waals surface area contributed by atoms with E-state index in [0.29, 0.717) is 24.2 Å². The van der Waals surface area contributed by atoms with Crippen molar-refractivity contribution in [3.05, 3.63) is 28.8 Å².